The fraction of sp³-hybridized carbons (Fsp3) is 0.921. The highest BCUT2D eigenvalue weighted by Crippen LogP contribution is 2.40. The molecule has 51 heavy (non-hydrogen) atoms. The van der Waals surface area contributed by atoms with Crippen LogP contribution < -0.4 is 15.4 Å². The normalized spacial score (nSPS) is 15.7. The number of hydrogen-bond acceptors (Lipinski definition) is 11. The van der Waals surface area contributed by atoms with Gasteiger partial charge in [0.25, 0.3) is 0 Å². The van der Waals surface area contributed by atoms with Crippen LogP contribution >= 0.6 is 0 Å². The SMILES string of the molecule is CCCC(C)(NCCOCCOC(C)(C)CC(C)(C)C(C)=O)C(=O)COCCOCCNC(C)(C)C(=O)C(C)(CC)CC(C)(C)CS(=O)(=O)NC. The van der Waals surface area contributed by atoms with E-state index in [1.165, 1.54) is 7.05 Å². The first-order valence-corrected chi connectivity index (χ1v) is 20.3. The smallest absolute Gasteiger partial charge is 0.211 e. The first-order valence-electron chi connectivity index (χ1n) is 18.6. The molecule has 0 saturated carbocycles. The van der Waals surface area contributed by atoms with Gasteiger partial charge in [-0.25, -0.2) is 13.1 Å². The van der Waals surface area contributed by atoms with Gasteiger partial charge in [-0.3, -0.25) is 14.4 Å². The second kappa shape index (κ2) is 21.5. The molecule has 0 bridgehead atoms. The van der Waals surface area contributed by atoms with Crippen LogP contribution in [0.4, 0.5) is 0 Å². The Morgan fingerprint density at radius 2 is 1.24 bits per heavy atom. The summed E-state index contributed by atoms with van der Waals surface area (Å²) in [4.78, 5) is 38.7. The van der Waals surface area contributed by atoms with Crippen molar-refractivity contribution in [3.8, 4) is 0 Å². The molecule has 3 N–H and O–H groups in total. The average Bonchev–Trinajstić information content (AvgIpc) is 2.99. The first kappa shape index (κ1) is 49.7. The van der Waals surface area contributed by atoms with Gasteiger partial charge in [-0.05, 0) is 79.7 Å². The number of nitrogens with one attached hydrogen (secondary N) is 3. The van der Waals surface area contributed by atoms with Gasteiger partial charge in [-0.1, -0.05) is 54.9 Å². The minimum atomic E-state index is -3.42. The van der Waals surface area contributed by atoms with Crippen LogP contribution in [-0.2, 0) is 43.4 Å². The number of ketones is 3. The third kappa shape index (κ3) is 19.0. The maximum atomic E-state index is 13.7. The van der Waals surface area contributed by atoms with Gasteiger partial charge >= 0.3 is 0 Å². The maximum absolute atomic E-state index is 13.7. The number of rotatable bonds is 31. The van der Waals surface area contributed by atoms with E-state index in [0.717, 1.165) is 6.42 Å². The lowest BCUT2D eigenvalue weighted by molar-refractivity contribution is -0.135. The summed E-state index contributed by atoms with van der Waals surface area (Å²) < 4.78 is 49.9. The quantitative estimate of drug-likeness (QED) is 0.0831. The van der Waals surface area contributed by atoms with Gasteiger partial charge in [0.15, 0.2) is 11.6 Å². The molecule has 0 aliphatic heterocycles. The molecular weight excluding hydrogens is 674 g/mol. The molecule has 0 aromatic rings. The number of sulfonamides is 1. The average molecular weight is 750 g/mol. The van der Waals surface area contributed by atoms with E-state index >= 15 is 0 Å². The van der Waals surface area contributed by atoms with Gasteiger partial charge in [0.05, 0.1) is 62.1 Å². The highest BCUT2D eigenvalue weighted by Gasteiger charge is 2.44. The summed E-state index contributed by atoms with van der Waals surface area (Å²) in [6.45, 7) is 27.8. The van der Waals surface area contributed by atoms with E-state index in [4.69, 9.17) is 18.9 Å². The number of carbonyl (C=O) groups is 3. The van der Waals surface area contributed by atoms with E-state index in [1.807, 2.05) is 83.1 Å². The second-order valence-corrected chi connectivity index (χ2v) is 19.0. The van der Waals surface area contributed by atoms with E-state index < -0.39 is 42.9 Å². The molecule has 0 aliphatic carbocycles. The Labute approximate surface area is 311 Å². The van der Waals surface area contributed by atoms with Crippen LogP contribution in [0.5, 0.6) is 0 Å². The predicted molar refractivity (Wildman–Crippen MR) is 205 cm³/mol. The minimum absolute atomic E-state index is 0.0318. The van der Waals surface area contributed by atoms with Crippen LogP contribution in [-0.4, -0.2) is 115 Å². The molecule has 12 nitrogen and oxygen atoms in total. The number of Topliss-reactive ketones (excluding diaryl/α,β-unsaturated/α-hetero) is 3. The highest BCUT2D eigenvalue weighted by atomic mass is 32.2. The molecule has 0 amide bonds. The van der Waals surface area contributed by atoms with E-state index in [1.54, 1.807) is 6.92 Å². The van der Waals surface area contributed by atoms with Crippen molar-refractivity contribution < 1.29 is 41.7 Å². The topological polar surface area (TPSA) is 158 Å². The van der Waals surface area contributed by atoms with Crippen LogP contribution in [0, 0.1) is 16.2 Å². The van der Waals surface area contributed by atoms with Crippen molar-refractivity contribution in [1.29, 1.82) is 0 Å². The summed E-state index contributed by atoms with van der Waals surface area (Å²) in [6, 6.07) is 0. The molecule has 0 radical (unpaired) electrons. The molecular formula is C38H75N3O9S. The number of hydrogen-bond donors (Lipinski definition) is 3. The van der Waals surface area contributed by atoms with E-state index in [9.17, 15) is 22.8 Å². The second-order valence-electron chi connectivity index (χ2n) is 17.0. The van der Waals surface area contributed by atoms with Crippen LogP contribution in [0.25, 0.3) is 0 Å². The van der Waals surface area contributed by atoms with Gasteiger partial charge in [0.2, 0.25) is 10.0 Å². The van der Waals surface area contributed by atoms with Crippen molar-refractivity contribution in [2.45, 2.75) is 139 Å². The third-order valence-electron chi connectivity index (χ3n) is 9.74. The number of carbonyl (C=O) groups excluding carboxylic acids is 3. The van der Waals surface area contributed by atoms with E-state index in [0.29, 0.717) is 71.8 Å². The lowest BCUT2D eigenvalue weighted by atomic mass is 9.67. The predicted octanol–water partition coefficient (Wildman–Crippen LogP) is 4.87. The maximum Gasteiger partial charge on any atom is 0.211 e. The molecule has 0 spiro atoms. The van der Waals surface area contributed by atoms with Gasteiger partial charge in [0.1, 0.15) is 12.4 Å². The largest absolute Gasteiger partial charge is 0.378 e. The molecule has 0 aromatic carbocycles. The van der Waals surface area contributed by atoms with Crippen molar-refractivity contribution in [2.75, 3.05) is 72.1 Å². The van der Waals surface area contributed by atoms with Crippen molar-refractivity contribution in [1.82, 2.24) is 15.4 Å². The zero-order valence-corrected chi connectivity index (χ0v) is 35.5. The highest BCUT2D eigenvalue weighted by molar-refractivity contribution is 7.89. The molecule has 0 heterocycles. The van der Waals surface area contributed by atoms with Gasteiger partial charge < -0.3 is 29.6 Å². The minimum Gasteiger partial charge on any atom is -0.378 e. The molecule has 302 valence electrons. The van der Waals surface area contributed by atoms with Gasteiger partial charge in [-0.2, -0.15) is 0 Å². The summed E-state index contributed by atoms with van der Waals surface area (Å²) in [5.41, 5.74) is -3.76. The fourth-order valence-electron chi connectivity index (χ4n) is 6.82. The molecule has 0 saturated heterocycles. The van der Waals surface area contributed by atoms with Crippen LogP contribution in [0.2, 0.25) is 0 Å². The molecule has 0 aromatic heterocycles. The Kier molecular flexibility index (Phi) is 21.0. The molecule has 0 rings (SSSR count). The zero-order chi connectivity index (χ0) is 39.8. The Morgan fingerprint density at radius 3 is 1.75 bits per heavy atom. The van der Waals surface area contributed by atoms with E-state index in [-0.39, 0.29) is 36.3 Å². The van der Waals surface area contributed by atoms with Gasteiger partial charge in [0, 0.05) is 23.9 Å². The molecule has 0 fully saturated rings. The summed E-state index contributed by atoms with van der Waals surface area (Å²) in [7, 11) is -2.02. The number of ether oxygens (including phenoxy) is 4. The van der Waals surface area contributed by atoms with Gasteiger partial charge in [-0.15, -0.1) is 0 Å². The molecule has 2 atom stereocenters. The van der Waals surface area contributed by atoms with Crippen LogP contribution in [0.15, 0.2) is 0 Å². The summed E-state index contributed by atoms with van der Waals surface area (Å²) in [5, 5.41) is 6.65. The monoisotopic (exact) mass is 750 g/mol. The van der Waals surface area contributed by atoms with E-state index in [2.05, 4.69) is 15.4 Å². The lowest BCUT2D eigenvalue weighted by Gasteiger charge is -2.40. The molecule has 2 unspecified atom stereocenters. The van der Waals surface area contributed by atoms with Crippen LogP contribution in [0.3, 0.4) is 0 Å². The van der Waals surface area contributed by atoms with Crippen molar-refractivity contribution >= 4 is 27.4 Å². The summed E-state index contributed by atoms with van der Waals surface area (Å²) >= 11 is 0. The van der Waals surface area contributed by atoms with Crippen molar-refractivity contribution in [2.24, 2.45) is 16.2 Å². The first-order chi connectivity index (χ1) is 23.2. The van der Waals surface area contributed by atoms with Crippen molar-refractivity contribution in [3.63, 3.8) is 0 Å². The fourth-order valence-corrected chi connectivity index (χ4v) is 8.09. The third-order valence-corrected chi connectivity index (χ3v) is 11.5. The Bertz CT molecular complexity index is 1190. The Balaban J connectivity index is 4.57. The molecule has 0 aliphatic rings. The standard InChI is InChI=1S/C38H75N3O9S/c1-15-17-38(13,41-19-21-48-24-25-50-35(8,9)28-34(6,7)30(3)42)31(43)26-49-23-22-47-20-18-40-36(10,11)32(44)37(12,16-2)27-33(4,5)29-51(45,46)39-14/h39-41H,15-29H2,1-14H3. The Morgan fingerprint density at radius 1 is 0.706 bits per heavy atom. The molecule has 13 heteroatoms. The lowest BCUT2D eigenvalue weighted by Crippen LogP contribution is -2.54. The van der Waals surface area contributed by atoms with Crippen molar-refractivity contribution in [3.05, 3.63) is 0 Å². The Hall–Kier alpha value is -1.32. The zero-order valence-electron chi connectivity index (χ0n) is 34.7. The summed E-state index contributed by atoms with van der Waals surface area (Å²) in [6.07, 6.45) is 3.14. The summed E-state index contributed by atoms with van der Waals surface area (Å²) in [5.74, 6) is 0.0817. The van der Waals surface area contributed by atoms with Crippen LogP contribution in [0.1, 0.15) is 122 Å².